The number of aliphatic imine (C=N–C) groups is 1. The molecule has 0 saturated carbocycles. The summed E-state index contributed by atoms with van der Waals surface area (Å²) in [6.07, 6.45) is 2.96. The molecule has 1 atom stereocenters. The largest absolute Gasteiger partial charge is 0.436 e. The van der Waals surface area contributed by atoms with Crippen LogP contribution in [0.15, 0.2) is 93.5 Å². The first-order chi connectivity index (χ1) is 17.1. The Bertz CT molecular complexity index is 1400. The van der Waals surface area contributed by atoms with Crippen molar-refractivity contribution in [3.8, 4) is 11.6 Å². The van der Waals surface area contributed by atoms with Gasteiger partial charge in [0.1, 0.15) is 12.0 Å². The number of benzene rings is 2. The van der Waals surface area contributed by atoms with Gasteiger partial charge in [-0.25, -0.2) is 0 Å². The molecule has 2 N–H and O–H groups in total. The number of amides is 1. The van der Waals surface area contributed by atoms with Gasteiger partial charge in [0, 0.05) is 28.5 Å². The fourth-order valence-corrected chi connectivity index (χ4v) is 3.84. The lowest BCUT2D eigenvalue weighted by Crippen LogP contribution is -2.48. The molecule has 3 heterocycles. The van der Waals surface area contributed by atoms with E-state index >= 15 is 0 Å². The number of aromatic nitrogens is 2. The first-order valence-electron chi connectivity index (χ1n) is 10.8. The Kier molecular flexibility index (Phi) is 6.32. The lowest BCUT2D eigenvalue weighted by molar-refractivity contribution is -0.129. The van der Waals surface area contributed by atoms with Crippen molar-refractivity contribution >= 4 is 29.2 Å². The minimum atomic E-state index is -0.684. The van der Waals surface area contributed by atoms with Crippen LogP contribution in [0.3, 0.4) is 0 Å². The van der Waals surface area contributed by atoms with E-state index in [9.17, 15) is 9.59 Å². The van der Waals surface area contributed by atoms with Crippen LogP contribution in [0.1, 0.15) is 17.0 Å². The summed E-state index contributed by atoms with van der Waals surface area (Å²) in [4.78, 5) is 34.7. The van der Waals surface area contributed by atoms with Gasteiger partial charge in [-0.1, -0.05) is 29.8 Å². The van der Waals surface area contributed by atoms with Gasteiger partial charge in [-0.2, -0.15) is 0 Å². The Morgan fingerprint density at radius 1 is 1.09 bits per heavy atom. The van der Waals surface area contributed by atoms with Crippen LogP contribution in [0.4, 0.5) is 5.69 Å². The van der Waals surface area contributed by atoms with Crippen LogP contribution in [-0.2, 0) is 11.3 Å². The third kappa shape index (κ3) is 5.10. The van der Waals surface area contributed by atoms with Crippen molar-refractivity contribution in [3.63, 3.8) is 0 Å². The van der Waals surface area contributed by atoms with E-state index in [1.807, 2.05) is 12.1 Å². The predicted molar refractivity (Wildman–Crippen MR) is 131 cm³/mol. The molecule has 0 aliphatic carbocycles. The van der Waals surface area contributed by atoms with Gasteiger partial charge in [0.2, 0.25) is 11.9 Å². The maximum Gasteiger partial charge on any atom is 0.259 e. The zero-order valence-electron chi connectivity index (χ0n) is 18.3. The number of guanidine groups is 1. The quantitative estimate of drug-likeness (QED) is 0.415. The molecule has 2 aromatic carbocycles. The number of nitrogens with zero attached hydrogens (tertiary/aromatic N) is 3. The number of aromatic amines is 1. The number of carbonyl (C=O) groups is 1. The highest BCUT2D eigenvalue weighted by atomic mass is 35.5. The summed E-state index contributed by atoms with van der Waals surface area (Å²) in [5.41, 5.74) is 1.67. The number of H-pyrrole nitrogens is 1. The minimum Gasteiger partial charge on any atom is -0.436 e. The average molecular weight is 490 g/mol. The van der Waals surface area contributed by atoms with Crippen molar-refractivity contribution in [2.45, 2.75) is 12.5 Å². The van der Waals surface area contributed by atoms with E-state index in [4.69, 9.17) is 20.9 Å². The zero-order valence-corrected chi connectivity index (χ0v) is 19.1. The second-order valence-corrected chi connectivity index (χ2v) is 8.25. The van der Waals surface area contributed by atoms with Crippen molar-refractivity contribution in [2.75, 3.05) is 11.9 Å². The van der Waals surface area contributed by atoms with E-state index in [1.54, 1.807) is 59.5 Å². The second-order valence-electron chi connectivity index (χ2n) is 7.81. The van der Waals surface area contributed by atoms with E-state index in [1.165, 1.54) is 12.5 Å². The fraction of sp³-hybridized carbons (Fsp3) is 0.120. The van der Waals surface area contributed by atoms with Crippen molar-refractivity contribution < 1.29 is 14.1 Å². The number of anilines is 1. The SMILES string of the molecule is O=C1C(c2ccc[nH]c2=O)CN=C(Nc2ccc(Oc3ccon3)cc2)N1Cc1ccc(Cl)cc1. The summed E-state index contributed by atoms with van der Waals surface area (Å²) < 4.78 is 10.4. The highest BCUT2D eigenvalue weighted by Gasteiger charge is 2.34. The zero-order chi connectivity index (χ0) is 24.2. The van der Waals surface area contributed by atoms with E-state index < -0.39 is 5.92 Å². The van der Waals surface area contributed by atoms with Crippen molar-refractivity contribution in [1.82, 2.24) is 15.0 Å². The Morgan fingerprint density at radius 2 is 1.89 bits per heavy atom. The summed E-state index contributed by atoms with van der Waals surface area (Å²) >= 11 is 6.02. The Labute approximate surface area is 205 Å². The van der Waals surface area contributed by atoms with Crippen molar-refractivity contribution in [3.05, 3.63) is 106 Å². The molecule has 10 heteroatoms. The van der Waals surface area contributed by atoms with Crippen LogP contribution in [0.25, 0.3) is 0 Å². The van der Waals surface area contributed by atoms with Gasteiger partial charge in [-0.3, -0.25) is 19.5 Å². The molecule has 0 spiro atoms. The molecular formula is C25H20ClN5O4. The predicted octanol–water partition coefficient (Wildman–Crippen LogP) is 4.40. The number of nitrogens with one attached hydrogen (secondary N) is 2. The molecule has 1 aliphatic rings. The third-order valence-corrected chi connectivity index (χ3v) is 5.72. The highest BCUT2D eigenvalue weighted by molar-refractivity contribution is 6.30. The molecule has 35 heavy (non-hydrogen) atoms. The van der Waals surface area contributed by atoms with Gasteiger partial charge in [0.05, 0.1) is 19.0 Å². The summed E-state index contributed by atoms with van der Waals surface area (Å²) in [6, 6.07) is 19.3. The second kappa shape index (κ2) is 9.86. The number of ether oxygens (including phenoxy) is 1. The minimum absolute atomic E-state index is 0.152. The molecule has 0 saturated heterocycles. The molecule has 0 bridgehead atoms. The number of hydrogen-bond donors (Lipinski definition) is 2. The van der Waals surface area contributed by atoms with Gasteiger partial charge >= 0.3 is 0 Å². The van der Waals surface area contributed by atoms with E-state index in [0.717, 1.165) is 5.56 Å². The smallest absolute Gasteiger partial charge is 0.259 e. The lowest BCUT2D eigenvalue weighted by atomic mass is 9.97. The first kappa shape index (κ1) is 22.4. The number of hydrogen-bond acceptors (Lipinski definition) is 7. The number of carbonyl (C=O) groups excluding carboxylic acids is 1. The number of halogens is 1. The van der Waals surface area contributed by atoms with Gasteiger partial charge in [-0.15, -0.1) is 0 Å². The number of pyridine rings is 1. The van der Waals surface area contributed by atoms with E-state index in [-0.39, 0.29) is 24.6 Å². The molecule has 1 unspecified atom stereocenters. The molecule has 2 aromatic heterocycles. The van der Waals surface area contributed by atoms with Crippen molar-refractivity contribution in [1.29, 1.82) is 0 Å². The topological polar surface area (TPSA) is 113 Å². The van der Waals surface area contributed by atoms with Crippen LogP contribution in [0.5, 0.6) is 11.6 Å². The molecule has 5 rings (SSSR count). The number of rotatable bonds is 6. The summed E-state index contributed by atoms with van der Waals surface area (Å²) in [5.74, 6) is 0.409. The summed E-state index contributed by atoms with van der Waals surface area (Å²) in [6.45, 7) is 0.412. The van der Waals surface area contributed by atoms with Crippen LogP contribution in [0, 0.1) is 0 Å². The van der Waals surface area contributed by atoms with Gasteiger partial charge in [0.25, 0.3) is 11.4 Å². The lowest BCUT2D eigenvalue weighted by Gasteiger charge is -2.32. The maximum atomic E-state index is 13.6. The van der Waals surface area contributed by atoms with Crippen molar-refractivity contribution in [2.24, 2.45) is 4.99 Å². The molecule has 1 amide bonds. The van der Waals surface area contributed by atoms with Crippen LogP contribution >= 0.6 is 11.6 Å². The average Bonchev–Trinajstić information content (AvgIpc) is 3.38. The Hall–Kier alpha value is -4.37. The first-order valence-corrected chi connectivity index (χ1v) is 11.2. The Morgan fingerprint density at radius 3 is 2.60 bits per heavy atom. The highest BCUT2D eigenvalue weighted by Crippen LogP contribution is 2.25. The molecule has 9 nitrogen and oxygen atoms in total. The van der Waals surface area contributed by atoms with Gasteiger partial charge < -0.3 is 19.6 Å². The fourth-order valence-electron chi connectivity index (χ4n) is 3.72. The normalized spacial score (nSPS) is 15.6. The van der Waals surface area contributed by atoms with Crippen LogP contribution in [-0.4, -0.2) is 33.5 Å². The van der Waals surface area contributed by atoms with Crippen LogP contribution in [0.2, 0.25) is 5.02 Å². The Balaban J connectivity index is 1.40. The summed E-state index contributed by atoms with van der Waals surface area (Å²) in [5, 5.41) is 7.54. The molecule has 0 fully saturated rings. The standard InChI is InChI=1S/C25H20ClN5O4/c26-17-5-3-16(4-6-17)15-31-24(33)21(20-2-1-12-27-23(20)32)14-28-25(31)29-18-7-9-19(10-8-18)35-22-11-13-34-30-22/h1-13,21H,14-15H2,(H,27,32)(H,28,29). The molecule has 0 radical (unpaired) electrons. The monoisotopic (exact) mass is 489 g/mol. The van der Waals surface area contributed by atoms with E-state index in [2.05, 4.69) is 20.4 Å². The molecule has 176 valence electrons. The molecule has 4 aromatic rings. The maximum absolute atomic E-state index is 13.6. The summed E-state index contributed by atoms with van der Waals surface area (Å²) in [7, 11) is 0. The van der Waals surface area contributed by atoms with E-state index in [0.29, 0.717) is 33.9 Å². The van der Waals surface area contributed by atoms with Gasteiger partial charge in [0.15, 0.2) is 0 Å². The van der Waals surface area contributed by atoms with Crippen LogP contribution < -0.4 is 15.6 Å². The third-order valence-electron chi connectivity index (χ3n) is 5.47. The van der Waals surface area contributed by atoms with Gasteiger partial charge in [-0.05, 0) is 53.2 Å². The molecule has 1 aliphatic heterocycles. The molecular weight excluding hydrogens is 470 g/mol.